The summed E-state index contributed by atoms with van der Waals surface area (Å²) in [5.41, 5.74) is 1.98. The SMILES string of the molecule is O=C(Nc1ccc(Br)cc1)c1ccccc1N(Cc1ccccc1)S(=O)(=O)c1ccccc1. The average molecular weight is 521 g/mol. The Labute approximate surface area is 201 Å². The molecule has 0 aliphatic heterocycles. The molecule has 7 heteroatoms. The molecule has 0 spiro atoms. The molecule has 1 N–H and O–H groups in total. The predicted molar refractivity (Wildman–Crippen MR) is 135 cm³/mol. The van der Waals surface area contributed by atoms with Crippen molar-refractivity contribution >= 4 is 43.2 Å². The van der Waals surface area contributed by atoms with E-state index in [2.05, 4.69) is 21.2 Å². The Balaban J connectivity index is 1.77. The lowest BCUT2D eigenvalue weighted by Gasteiger charge is -2.26. The first-order valence-electron chi connectivity index (χ1n) is 10.2. The summed E-state index contributed by atoms with van der Waals surface area (Å²) < 4.78 is 29.6. The summed E-state index contributed by atoms with van der Waals surface area (Å²) in [4.78, 5) is 13.4. The Morgan fingerprint density at radius 1 is 0.758 bits per heavy atom. The Morgan fingerprint density at radius 2 is 1.33 bits per heavy atom. The van der Waals surface area contributed by atoms with Gasteiger partial charge in [0.2, 0.25) is 0 Å². The highest BCUT2D eigenvalue weighted by atomic mass is 79.9. The second kappa shape index (κ2) is 10.0. The molecule has 0 aromatic heterocycles. The van der Waals surface area contributed by atoms with Crippen LogP contribution >= 0.6 is 15.9 Å². The number of anilines is 2. The maximum absolute atomic E-state index is 13.7. The third-order valence-corrected chi connectivity index (χ3v) is 7.32. The molecule has 0 aliphatic carbocycles. The van der Waals surface area contributed by atoms with Crippen LogP contribution in [0.25, 0.3) is 0 Å². The fourth-order valence-electron chi connectivity index (χ4n) is 3.38. The number of hydrogen-bond acceptors (Lipinski definition) is 3. The molecule has 4 aromatic carbocycles. The lowest BCUT2D eigenvalue weighted by Crippen LogP contribution is -2.32. The minimum Gasteiger partial charge on any atom is -0.322 e. The van der Waals surface area contributed by atoms with Gasteiger partial charge in [0.25, 0.3) is 15.9 Å². The van der Waals surface area contributed by atoms with Crippen molar-refractivity contribution in [3.8, 4) is 0 Å². The minimum absolute atomic E-state index is 0.0840. The number of benzene rings is 4. The maximum atomic E-state index is 13.7. The molecule has 1 amide bonds. The van der Waals surface area contributed by atoms with Gasteiger partial charge in [0, 0.05) is 10.2 Å². The first-order valence-corrected chi connectivity index (χ1v) is 12.5. The van der Waals surface area contributed by atoms with Crippen LogP contribution in [0.5, 0.6) is 0 Å². The molecular weight excluding hydrogens is 500 g/mol. The Morgan fingerprint density at radius 3 is 2.00 bits per heavy atom. The van der Waals surface area contributed by atoms with Crippen LogP contribution in [0.15, 0.2) is 119 Å². The number of carbonyl (C=O) groups is 1. The summed E-state index contributed by atoms with van der Waals surface area (Å²) in [5.74, 6) is -0.394. The predicted octanol–water partition coefficient (Wildman–Crippen LogP) is 6.10. The molecule has 166 valence electrons. The van der Waals surface area contributed by atoms with Crippen LogP contribution in [0.1, 0.15) is 15.9 Å². The Kier molecular flexibility index (Phi) is 6.91. The normalized spacial score (nSPS) is 11.1. The molecule has 0 radical (unpaired) electrons. The van der Waals surface area contributed by atoms with E-state index in [4.69, 9.17) is 0 Å². The number of halogens is 1. The highest BCUT2D eigenvalue weighted by Gasteiger charge is 2.28. The monoisotopic (exact) mass is 520 g/mol. The second-order valence-electron chi connectivity index (χ2n) is 7.29. The zero-order valence-corrected chi connectivity index (χ0v) is 20.0. The first-order chi connectivity index (χ1) is 15.9. The molecule has 0 unspecified atom stereocenters. The van der Waals surface area contributed by atoms with Crippen molar-refractivity contribution in [3.63, 3.8) is 0 Å². The lowest BCUT2D eigenvalue weighted by molar-refractivity contribution is 0.102. The number of nitrogens with one attached hydrogen (secondary N) is 1. The number of nitrogens with zero attached hydrogens (tertiary/aromatic N) is 1. The van der Waals surface area contributed by atoms with Gasteiger partial charge in [-0.25, -0.2) is 8.42 Å². The first kappa shape index (κ1) is 22.8. The molecule has 0 atom stereocenters. The number of amides is 1. The van der Waals surface area contributed by atoms with E-state index in [-0.39, 0.29) is 17.0 Å². The highest BCUT2D eigenvalue weighted by Crippen LogP contribution is 2.30. The van der Waals surface area contributed by atoms with Crippen molar-refractivity contribution in [2.45, 2.75) is 11.4 Å². The second-order valence-corrected chi connectivity index (χ2v) is 10.1. The van der Waals surface area contributed by atoms with Crippen molar-refractivity contribution in [2.75, 3.05) is 9.62 Å². The van der Waals surface area contributed by atoms with Crippen molar-refractivity contribution in [2.24, 2.45) is 0 Å². The van der Waals surface area contributed by atoms with E-state index in [0.717, 1.165) is 10.0 Å². The third-order valence-electron chi connectivity index (χ3n) is 5.02. The van der Waals surface area contributed by atoms with E-state index in [1.807, 2.05) is 42.5 Å². The molecule has 0 bridgehead atoms. The van der Waals surface area contributed by atoms with Crippen LogP contribution in [-0.4, -0.2) is 14.3 Å². The van der Waals surface area contributed by atoms with Crippen LogP contribution in [0.2, 0.25) is 0 Å². The lowest BCUT2D eigenvalue weighted by atomic mass is 10.1. The Hall–Kier alpha value is -3.42. The quantitative estimate of drug-likeness (QED) is 0.320. The van der Waals surface area contributed by atoms with Gasteiger partial charge >= 0.3 is 0 Å². The standard InChI is InChI=1S/C26H21BrN2O3S/c27-21-15-17-22(18-16-21)28-26(30)24-13-7-8-14-25(24)29(19-20-9-3-1-4-10-20)33(31,32)23-11-5-2-6-12-23/h1-18H,19H2,(H,28,30). The molecule has 4 rings (SSSR count). The molecule has 33 heavy (non-hydrogen) atoms. The molecule has 0 heterocycles. The van der Waals surface area contributed by atoms with Gasteiger partial charge in [0.05, 0.1) is 22.7 Å². The van der Waals surface area contributed by atoms with Crippen molar-refractivity contribution < 1.29 is 13.2 Å². The van der Waals surface area contributed by atoms with Gasteiger partial charge in [0.1, 0.15) is 0 Å². The van der Waals surface area contributed by atoms with Gasteiger partial charge in [-0.2, -0.15) is 0 Å². The topological polar surface area (TPSA) is 66.5 Å². The van der Waals surface area contributed by atoms with E-state index in [9.17, 15) is 13.2 Å². The third kappa shape index (κ3) is 5.32. The van der Waals surface area contributed by atoms with Gasteiger partial charge in [-0.15, -0.1) is 0 Å². The smallest absolute Gasteiger partial charge is 0.264 e. The van der Waals surface area contributed by atoms with Gasteiger partial charge in [-0.3, -0.25) is 9.10 Å². The number of rotatable bonds is 7. The molecule has 0 aliphatic rings. The molecular formula is C26H21BrN2O3S. The van der Waals surface area contributed by atoms with E-state index >= 15 is 0 Å². The molecule has 0 saturated carbocycles. The van der Waals surface area contributed by atoms with Crippen molar-refractivity contribution in [1.29, 1.82) is 0 Å². The zero-order chi connectivity index (χ0) is 23.3. The molecule has 0 fully saturated rings. The van der Waals surface area contributed by atoms with Crippen LogP contribution in [0, 0.1) is 0 Å². The summed E-state index contributed by atoms with van der Waals surface area (Å²) in [7, 11) is -3.94. The van der Waals surface area contributed by atoms with E-state index < -0.39 is 15.9 Å². The summed E-state index contributed by atoms with van der Waals surface area (Å²) in [6, 6.07) is 31.4. The average Bonchev–Trinajstić information content (AvgIpc) is 2.85. The fourth-order valence-corrected chi connectivity index (χ4v) is 5.14. The number of carbonyl (C=O) groups excluding carboxylic acids is 1. The van der Waals surface area contributed by atoms with Gasteiger partial charge < -0.3 is 5.32 Å². The minimum atomic E-state index is -3.94. The van der Waals surface area contributed by atoms with Crippen LogP contribution < -0.4 is 9.62 Å². The summed E-state index contributed by atoms with van der Waals surface area (Å²) in [5, 5.41) is 2.85. The zero-order valence-electron chi connectivity index (χ0n) is 17.6. The summed E-state index contributed by atoms with van der Waals surface area (Å²) in [6.07, 6.45) is 0. The van der Waals surface area contributed by atoms with Crippen LogP contribution in [-0.2, 0) is 16.6 Å². The van der Waals surface area contributed by atoms with Crippen molar-refractivity contribution in [1.82, 2.24) is 0 Å². The van der Waals surface area contributed by atoms with Gasteiger partial charge in [-0.1, -0.05) is 76.6 Å². The van der Waals surface area contributed by atoms with E-state index in [1.54, 1.807) is 66.7 Å². The molecule has 5 nitrogen and oxygen atoms in total. The Bertz CT molecular complexity index is 1340. The largest absolute Gasteiger partial charge is 0.322 e. The summed E-state index contributed by atoms with van der Waals surface area (Å²) >= 11 is 3.38. The summed E-state index contributed by atoms with van der Waals surface area (Å²) in [6.45, 7) is 0.0840. The molecule has 4 aromatic rings. The van der Waals surface area contributed by atoms with Gasteiger partial charge in [-0.05, 0) is 54.1 Å². The van der Waals surface area contributed by atoms with Crippen molar-refractivity contribution in [3.05, 3.63) is 125 Å². The van der Waals surface area contributed by atoms with E-state index in [1.165, 1.54) is 4.31 Å². The van der Waals surface area contributed by atoms with Crippen LogP contribution in [0.4, 0.5) is 11.4 Å². The number of hydrogen-bond donors (Lipinski definition) is 1. The van der Waals surface area contributed by atoms with E-state index in [0.29, 0.717) is 11.4 Å². The number of sulfonamides is 1. The van der Waals surface area contributed by atoms with Crippen LogP contribution in [0.3, 0.4) is 0 Å². The molecule has 0 saturated heterocycles. The fraction of sp³-hybridized carbons (Fsp3) is 0.0385. The number of para-hydroxylation sites is 1. The highest BCUT2D eigenvalue weighted by molar-refractivity contribution is 9.10. The van der Waals surface area contributed by atoms with Gasteiger partial charge in [0.15, 0.2) is 0 Å². The maximum Gasteiger partial charge on any atom is 0.264 e.